The van der Waals surface area contributed by atoms with Gasteiger partial charge in [0.05, 0.1) is 6.33 Å². The highest BCUT2D eigenvalue weighted by molar-refractivity contribution is 6.30. The highest BCUT2D eigenvalue weighted by atomic mass is 35.5. The molecule has 3 aromatic rings. The van der Waals surface area contributed by atoms with Crippen LogP contribution in [-0.2, 0) is 13.1 Å². The molecule has 22 heavy (non-hydrogen) atoms. The summed E-state index contributed by atoms with van der Waals surface area (Å²) in [6.07, 6.45) is 5.45. The zero-order valence-corrected chi connectivity index (χ0v) is 13.2. The molecule has 0 aliphatic rings. The number of hydrogen-bond donors (Lipinski definition) is 1. The van der Waals surface area contributed by atoms with E-state index in [0.717, 1.165) is 28.5 Å². The number of anilines is 1. The summed E-state index contributed by atoms with van der Waals surface area (Å²) in [6, 6.07) is 11.6. The van der Waals surface area contributed by atoms with E-state index in [1.54, 1.807) is 12.5 Å². The number of nitrogens with zero attached hydrogens (tertiary/aromatic N) is 3. The van der Waals surface area contributed by atoms with Crippen molar-refractivity contribution in [3.8, 4) is 0 Å². The Morgan fingerprint density at radius 1 is 1.05 bits per heavy atom. The third-order valence-electron chi connectivity index (χ3n) is 3.15. The van der Waals surface area contributed by atoms with E-state index in [9.17, 15) is 0 Å². The van der Waals surface area contributed by atoms with Crippen LogP contribution in [0.5, 0.6) is 0 Å². The maximum Gasteiger partial charge on any atom is 0.144 e. The molecule has 0 radical (unpaired) electrons. The number of benzene rings is 1. The fraction of sp³-hybridized carbons (Fsp3) is 0.125. The van der Waals surface area contributed by atoms with Crippen LogP contribution in [0.1, 0.15) is 11.1 Å². The predicted octanol–water partition coefficient (Wildman–Crippen LogP) is 4.25. The third kappa shape index (κ3) is 4.00. The highest BCUT2D eigenvalue weighted by Gasteiger charge is 2.01. The third-order valence-corrected chi connectivity index (χ3v) is 3.59. The molecule has 1 aromatic carbocycles. The van der Waals surface area contributed by atoms with Gasteiger partial charge in [0.25, 0.3) is 0 Å². The van der Waals surface area contributed by atoms with Crippen LogP contribution in [0.3, 0.4) is 0 Å². The molecule has 0 saturated carbocycles. The number of nitrogens with one attached hydrogen (secondary N) is 1. The zero-order valence-electron chi connectivity index (χ0n) is 11.7. The molecule has 0 atom stereocenters. The molecule has 1 N–H and O–H groups in total. The van der Waals surface area contributed by atoms with Crippen LogP contribution in [0.2, 0.25) is 10.2 Å². The Balaban J connectivity index is 1.61. The van der Waals surface area contributed by atoms with Gasteiger partial charge in [-0.3, -0.25) is 0 Å². The van der Waals surface area contributed by atoms with Crippen LogP contribution >= 0.6 is 23.2 Å². The quantitative estimate of drug-likeness (QED) is 0.710. The second kappa shape index (κ2) is 6.81. The maximum absolute atomic E-state index is 5.99. The minimum atomic E-state index is 0.491. The first-order chi connectivity index (χ1) is 10.7. The summed E-state index contributed by atoms with van der Waals surface area (Å²) < 4.78 is 2.01. The van der Waals surface area contributed by atoms with Gasteiger partial charge >= 0.3 is 0 Å². The average Bonchev–Trinajstić information content (AvgIpc) is 2.93. The van der Waals surface area contributed by atoms with E-state index in [4.69, 9.17) is 23.2 Å². The van der Waals surface area contributed by atoms with Crippen LogP contribution in [0.15, 0.2) is 55.1 Å². The molecule has 0 fully saturated rings. The lowest BCUT2D eigenvalue weighted by Crippen LogP contribution is -2.00. The summed E-state index contributed by atoms with van der Waals surface area (Å²) in [5.41, 5.74) is 2.20. The van der Waals surface area contributed by atoms with Crippen molar-refractivity contribution < 1.29 is 0 Å². The standard InChI is InChI=1S/C16H14Cl2N4/c17-14-3-1-2-13(6-14)9-22-10-16(21-11-22)20-8-12-4-5-19-15(18)7-12/h1-7,10-11,20H,8-9H2. The molecule has 0 amide bonds. The van der Waals surface area contributed by atoms with Crippen molar-refractivity contribution in [3.05, 3.63) is 76.4 Å². The molecule has 112 valence electrons. The van der Waals surface area contributed by atoms with Crippen LogP contribution in [0, 0.1) is 0 Å². The number of imidazole rings is 1. The Kier molecular flexibility index (Phi) is 4.61. The fourth-order valence-corrected chi connectivity index (χ4v) is 2.54. The molecule has 0 aliphatic carbocycles. The van der Waals surface area contributed by atoms with Crippen molar-refractivity contribution in [1.82, 2.24) is 14.5 Å². The first kappa shape index (κ1) is 14.9. The monoisotopic (exact) mass is 332 g/mol. The zero-order chi connectivity index (χ0) is 15.4. The molecule has 0 unspecified atom stereocenters. The van der Waals surface area contributed by atoms with E-state index >= 15 is 0 Å². The van der Waals surface area contributed by atoms with Gasteiger partial charge in [0.1, 0.15) is 11.0 Å². The van der Waals surface area contributed by atoms with Crippen molar-refractivity contribution in [2.45, 2.75) is 13.1 Å². The average molecular weight is 333 g/mol. The molecule has 0 bridgehead atoms. The van der Waals surface area contributed by atoms with Gasteiger partial charge in [0.15, 0.2) is 0 Å². The lowest BCUT2D eigenvalue weighted by molar-refractivity contribution is 0.797. The summed E-state index contributed by atoms with van der Waals surface area (Å²) in [5.74, 6) is 0.815. The van der Waals surface area contributed by atoms with Crippen molar-refractivity contribution in [1.29, 1.82) is 0 Å². The van der Waals surface area contributed by atoms with Crippen LogP contribution in [-0.4, -0.2) is 14.5 Å². The maximum atomic E-state index is 5.99. The first-order valence-corrected chi connectivity index (χ1v) is 7.55. The molecule has 0 saturated heterocycles. The van der Waals surface area contributed by atoms with Crippen molar-refractivity contribution in [2.24, 2.45) is 0 Å². The molecule has 2 heterocycles. The molecular weight excluding hydrogens is 319 g/mol. The second-order valence-corrected chi connectivity index (χ2v) is 5.73. The Labute approximate surface area is 138 Å². The van der Waals surface area contributed by atoms with Crippen LogP contribution < -0.4 is 5.32 Å². The Morgan fingerprint density at radius 3 is 2.77 bits per heavy atom. The summed E-state index contributed by atoms with van der Waals surface area (Å²) in [4.78, 5) is 8.30. The minimum absolute atomic E-state index is 0.491. The number of halogens is 2. The topological polar surface area (TPSA) is 42.7 Å². The molecule has 3 rings (SSSR count). The normalized spacial score (nSPS) is 10.6. The SMILES string of the molecule is Clc1cccc(Cn2cnc(NCc3ccnc(Cl)c3)c2)c1. The molecular formula is C16H14Cl2N4. The summed E-state index contributed by atoms with van der Waals surface area (Å²) in [6.45, 7) is 1.38. The van der Waals surface area contributed by atoms with Crippen LogP contribution in [0.25, 0.3) is 0 Å². The van der Waals surface area contributed by atoms with Gasteiger partial charge in [-0.15, -0.1) is 0 Å². The molecule has 4 nitrogen and oxygen atoms in total. The van der Waals surface area contributed by atoms with Gasteiger partial charge in [-0.2, -0.15) is 0 Å². The van der Waals surface area contributed by atoms with Gasteiger partial charge in [-0.05, 0) is 35.4 Å². The summed E-state index contributed by atoms with van der Waals surface area (Å²) in [7, 11) is 0. The van der Waals surface area contributed by atoms with E-state index in [-0.39, 0.29) is 0 Å². The number of rotatable bonds is 5. The van der Waals surface area contributed by atoms with E-state index in [1.165, 1.54) is 0 Å². The Morgan fingerprint density at radius 2 is 1.95 bits per heavy atom. The minimum Gasteiger partial charge on any atom is -0.365 e. The van der Waals surface area contributed by atoms with Crippen molar-refractivity contribution in [2.75, 3.05) is 5.32 Å². The highest BCUT2D eigenvalue weighted by Crippen LogP contribution is 2.14. The van der Waals surface area contributed by atoms with E-state index < -0.39 is 0 Å². The lowest BCUT2D eigenvalue weighted by atomic mass is 10.2. The lowest BCUT2D eigenvalue weighted by Gasteiger charge is -2.04. The molecule has 2 aromatic heterocycles. The predicted molar refractivity (Wildman–Crippen MR) is 89.4 cm³/mol. The smallest absolute Gasteiger partial charge is 0.144 e. The molecule has 6 heteroatoms. The van der Waals surface area contributed by atoms with Crippen LogP contribution in [0.4, 0.5) is 5.82 Å². The van der Waals surface area contributed by atoms with Gasteiger partial charge in [0.2, 0.25) is 0 Å². The van der Waals surface area contributed by atoms with Crippen molar-refractivity contribution >= 4 is 29.0 Å². The van der Waals surface area contributed by atoms with E-state index in [1.807, 2.05) is 47.2 Å². The van der Waals surface area contributed by atoms with Crippen molar-refractivity contribution in [3.63, 3.8) is 0 Å². The summed E-state index contributed by atoms with van der Waals surface area (Å²) in [5, 5.41) is 4.49. The van der Waals surface area contributed by atoms with Gasteiger partial charge < -0.3 is 9.88 Å². The fourth-order valence-electron chi connectivity index (χ4n) is 2.13. The number of hydrogen-bond acceptors (Lipinski definition) is 3. The molecule has 0 spiro atoms. The summed E-state index contributed by atoms with van der Waals surface area (Å²) >= 11 is 11.9. The Bertz CT molecular complexity index is 770. The number of pyridine rings is 1. The first-order valence-electron chi connectivity index (χ1n) is 6.79. The largest absolute Gasteiger partial charge is 0.365 e. The van der Waals surface area contributed by atoms with Gasteiger partial charge in [-0.25, -0.2) is 9.97 Å². The van der Waals surface area contributed by atoms with Gasteiger partial charge in [0, 0.05) is 30.5 Å². The Hall–Kier alpha value is -2.04. The van der Waals surface area contributed by atoms with Gasteiger partial charge in [-0.1, -0.05) is 35.3 Å². The van der Waals surface area contributed by atoms with E-state index in [0.29, 0.717) is 11.7 Å². The number of aromatic nitrogens is 3. The van der Waals surface area contributed by atoms with E-state index in [2.05, 4.69) is 15.3 Å². The molecule has 0 aliphatic heterocycles. The second-order valence-electron chi connectivity index (χ2n) is 4.90.